The summed E-state index contributed by atoms with van der Waals surface area (Å²) in [7, 11) is -8.05. The summed E-state index contributed by atoms with van der Waals surface area (Å²) < 4.78 is 56.1. The number of sulfonamides is 2. The first-order valence-corrected chi connectivity index (χ1v) is 19.5. The Kier molecular flexibility index (Phi) is 15.8. The van der Waals surface area contributed by atoms with Gasteiger partial charge < -0.3 is 10.2 Å². The van der Waals surface area contributed by atoms with Gasteiger partial charge in [-0.1, -0.05) is 84.2 Å². The van der Waals surface area contributed by atoms with Crippen molar-refractivity contribution in [2.45, 2.75) is 23.6 Å². The molecule has 0 aliphatic heterocycles. The van der Waals surface area contributed by atoms with E-state index in [0.29, 0.717) is 33.8 Å². The highest BCUT2D eigenvalue weighted by atomic mass is 127. The van der Waals surface area contributed by atoms with Crippen molar-refractivity contribution in [2.75, 3.05) is 9.44 Å². The Bertz CT molecular complexity index is 2140. The maximum Gasteiger partial charge on any atom is 0.265 e. The molecule has 17 heteroatoms. The van der Waals surface area contributed by atoms with E-state index in [0.717, 1.165) is 0 Å². The van der Waals surface area contributed by atoms with Gasteiger partial charge in [0.1, 0.15) is 9.79 Å². The number of phenols is 2. The molecule has 4 N–H and O–H groups in total. The van der Waals surface area contributed by atoms with Gasteiger partial charge >= 0.3 is 0 Å². The molecule has 0 saturated heterocycles. The topological polar surface area (TPSA) is 133 Å². The molecule has 0 radical (unpaired) electrons. The lowest BCUT2D eigenvalue weighted by Crippen LogP contribution is -2.14. The van der Waals surface area contributed by atoms with E-state index < -0.39 is 31.5 Å². The highest BCUT2D eigenvalue weighted by molar-refractivity contribution is 14.1. The average molecular weight is 998 g/mol. The summed E-state index contributed by atoms with van der Waals surface area (Å²) in [5, 5.41) is 20.6. The highest BCUT2D eigenvalue weighted by Crippen LogP contribution is 2.37. The minimum absolute atomic E-state index is 0.0597. The molecule has 0 aliphatic rings. The van der Waals surface area contributed by atoms with Gasteiger partial charge in [-0.3, -0.25) is 9.44 Å². The third-order valence-electron chi connectivity index (χ3n) is 5.23. The Morgan fingerprint density at radius 3 is 1.55 bits per heavy atom. The van der Waals surface area contributed by atoms with Gasteiger partial charge in [0.05, 0.1) is 27.0 Å². The van der Waals surface area contributed by atoms with Gasteiger partial charge in [-0.15, -0.1) is 18.3 Å². The second-order valence-corrected chi connectivity index (χ2v) is 16.6. The zero-order chi connectivity index (χ0) is 35.7. The lowest BCUT2D eigenvalue weighted by molar-refractivity contribution is 0.458. The van der Waals surface area contributed by atoms with Crippen LogP contribution >= 0.6 is 101 Å². The van der Waals surface area contributed by atoms with Crippen LogP contribution in [0, 0.1) is 27.8 Å². The monoisotopic (exact) mass is 994 g/mol. The molecular formula is C30H21Br2Cl4IN2O6S2. The van der Waals surface area contributed by atoms with E-state index in [-0.39, 0.29) is 25.5 Å². The molecule has 0 bridgehead atoms. The molecule has 4 aromatic carbocycles. The van der Waals surface area contributed by atoms with Gasteiger partial charge in [0.15, 0.2) is 11.5 Å². The first-order valence-electron chi connectivity index (χ1n) is 12.3. The van der Waals surface area contributed by atoms with E-state index in [4.69, 9.17) is 46.4 Å². The molecule has 0 saturated carbocycles. The van der Waals surface area contributed by atoms with Crippen LogP contribution in [0.2, 0.25) is 20.1 Å². The summed E-state index contributed by atoms with van der Waals surface area (Å²) >= 11 is 31.6. The molecule has 4 aromatic rings. The molecule has 248 valence electrons. The van der Waals surface area contributed by atoms with Crippen LogP contribution in [0.15, 0.2) is 79.4 Å². The molecule has 47 heavy (non-hydrogen) atoms. The highest BCUT2D eigenvalue weighted by Gasteiger charge is 2.24. The summed E-state index contributed by atoms with van der Waals surface area (Å²) in [5.74, 6) is 6.67. The number of benzene rings is 4. The van der Waals surface area contributed by atoms with Crippen LogP contribution < -0.4 is 9.44 Å². The predicted molar refractivity (Wildman–Crippen MR) is 206 cm³/mol. The molecule has 0 fully saturated rings. The van der Waals surface area contributed by atoms with Gasteiger partial charge in [-0.25, -0.2) is 16.8 Å². The van der Waals surface area contributed by atoms with Crippen molar-refractivity contribution in [1.29, 1.82) is 0 Å². The van der Waals surface area contributed by atoms with Gasteiger partial charge in [-0.2, -0.15) is 0 Å². The fourth-order valence-corrected chi connectivity index (χ4v) is 9.15. The fraction of sp³-hybridized carbons (Fsp3) is 0.0667. The van der Waals surface area contributed by atoms with Crippen LogP contribution in [0.3, 0.4) is 0 Å². The number of halogens is 7. The minimum Gasteiger partial charge on any atom is -0.505 e. The fourth-order valence-electron chi connectivity index (χ4n) is 3.31. The summed E-state index contributed by atoms with van der Waals surface area (Å²) in [4.78, 5) is -0.658. The van der Waals surface area contributed by atoms with Crippen molar-refractivity contribution in [3.05, 3.63) is 98.8 Å². The molecule has 0 atom stereocenters. The number of rotatable bonds is 6. The van der Waals surface area contributed by atoms with Gasteiger partial charge in [0.25, 0.3) is 20.0 Å². The first kappa shape index (κ1) is 41.1. The van der Waals surface area contributed by atoms with Gasteiger partial charge in [-0.05, 0) is 97.1 Å². The number of aromatic hydroxyl groups is 2. The molecule has 4 rings (SSSR count). The van der Waals surface area contributed by atoms with Crippen LogP contribution in [-0.2, 0) is 20.0 Å². The molecular weight excluding hydrogens is 977 g/mol. The van der Waals surface area contributed by atoms with Crippen molar-refractivity contribution in [3.63, 3.8) is 0 Å². The molecule has 0 spiro atoms. The minimum atomic E-state index is -4.07. The summed E-state index contributed by atoms with van der Waals surface area (Å²) in [6.45, 7) is 3.28. The van der Waals surface area contributed by atoms with E-state index in [1.165, 1.54) is 42.5 Å². The lowest BCUT2D eigenvalue weighted by atomic mass is 10.2. The zero-order valence-electron chi connectivity index (χ0n) is 23.8. The number of phenolic OH excluding ortho intramolecular Hbond substituents is 2. The Morgan fingerprint density at radius 2 is 1.13 bits per heavy atom. The van der Waals surface area contributed by atoms with Crippen LogP contribution in [0.5, 0.6) is 11.5 Å². The Balaban J connectivity index is 0.000000303. The number of hydrogen-bond donors (Lipinski definition) is 4. The number of terminal acetylenes is 1. The van der Waals surface area contributed by atoms with Crippen LogP contribution in [0.4, 0.5) is 11.4 Å². The molecule has 0 aromatic heterocycles. The van der Waals surface area contributed by atoms with Crippen molar-refractivity contribution in [1.82, 2.24) is 0 Å². The Hall–Kier alpha value is -2.05. The van der Waals surface area contributed by atoms with Crippen LogP contribution in [-0.4, -0.2) is 27.0 Å². The number of anilines is 2. The average Bonchev–Trinajstić information content (AvgIpc) is 2.96. The van der Waals surface area contributed by atoms with E-state index in [2.05, 4.69) is 65.5 Å². The third kappa shape index (κ3) is 11.8. The van der Waals surface area contributed by atoms with E-state index in [1.54, 1.807) is 32.0 Å². The molecule has 0 heterocycles. The van der Waals surface area contributed by atoms with Crippen molar-refractivity contribution in [2.24, 2.45) is 0 Å². The number of nitrogens with one attached hydrogen (secondary N) is 2. The van der Waals surface area contributed by atoms with E-state index in [9.17, 15) is 27.0 Å². The number of hydrogen-bond acceptors (Lipinski definition) is 6. The normalized spacial score (nSPS) is 10.6. The maximum absolute atomic E-state index is 12.5. The zero-order valence-corrected chi connectivity index (χ0v) is 33.8. The van der Waals surface area contributed by atoms with E-state index in [1.807, 2.05) is 22.6 Å². The SMILES string of the molecule is C#CC.CC#Cc1cc(Cl)ccc1NS(=O)(=O)c1cc(Br)cc(Cl)c1O.O=S(=O)(Nc1ccc(Cl)cc1I)c1cc(Br)cc(Cl)c1O. The lowest BCUT2D eigenvalue weighted by Gasteiger charge is -2.12. The van der Waals surface area contributed by atoms with Gasteiger partial charge in [0, 0.05) is 22.6 Å². The second-order valence-electron chi connectivity index (χ2n) is 8.66. The quantitative estimate of drug-likeness (QED) is 0.112. The molecule has 0 aliphatic carbocycles. The van der Waals surface area contributed by atoms with E-state index >= 15 is 0 Å². The molecule has 8 nitrogen and oxygen atoms in total. The summed E-state index contributed by atoms with van der Waals surface area (Å²) in [6, 6.07) is 14.6. The smallest absolute Gasteiger partial charge is 0.265 e. The second kappa shape index (κ2) is 18.1. The van der Waals surface area contributed by atoms with Crippen molar-refractivity contribution in [3.8, 4) is 35.7 Å². The summed E-state index contributed by atoms with van der Waals surface area (Å²) in [5.41, 5.74) is 1.03. The van der Waals surface area contributed by atoms with Crippen LogP contribution in [0.25, 0.3) is 0 Å². The summed E-state index contributed by atoms with van der Waals surface area (Å²) in [6.07, 6.45) is 4.60. The first-order chi connectivity index (χ1) is 21.9. The molecule has 0 unspecified atom stereocenters. The third-order valence-corrected chi connectivity index (χ3v) is 10.8. The molecule has 0 amide bonds. The predicted octanol–water partition coefficient (Wildman–Crippen LogP) is 10.1. The Labute approximate surface area is 323 Å². The largest absolute Gasteiger partial charge is 0.505 e. The van der Waals surface area contributed by atoms with Crippen LogP contribution in [0.1, 0.15) is 19.4 Å². The van der Waals surface area contributed by atoms with Crippen molar-refractivity contribution >= 4 is 132 Å². The maximum atomic E-state index is 12.5. The van der Waals surface area contributed by atoms with Crippen molar-refractivity contribution < 1.29 is 27.0 Å². The Morgan fingerprint density at radius 1 is 0.723 bits per heavy atom. The van der Waals surface area contributed by atoms with Gasteiger partial charge in [0.2, 0.25) is 0 Å². The standard InChI is InChI=1S/C15H10BrCl2NO3S.C12H7BrCl2INO3S.C3H4/c1-2-3-9-6-11(17)4-5-13(9)19-23(21,22)14-8-10(16)7-12(18)15(14)20;13-6-3-8(15)12(18)11(4-6)21(19,20)17-10-2-1-7(14)5-9(10)16;1-3-2/h4-8,19-20H,1H3;1-5,17-18H;1H,2H3.